The Hall–Kier alpha value is -0.0800. The Balaban J connectivity index is 2.55. The molecule has 0 heterocycles. The van der Waals surface area contributed by atoms with Crippen LogP contribution in [0.2, 0.25) is 0 Å². The van der Waals surface area contributed by atoms with E-state index in [9.17, 15) is 0 Å². The fraction of sp³-hybridized carbons (Fsp3) is 1.00. The number of nitrogens with one attached hydrogen (secondary N) is 1. The van der Waals surface area contributed by atoms with Gasteiger partial charge in [0.2, 0.25) is 0 Å². The predicted molar refractivity (Wildman–Crippen MR) is 85.7 cm³/mol. The maximum Gasteiger partial charge on any atom is 0.0223 e. The predicted octanol–water partition coefficient (Wildman–Crippen LogP) is 4.06. The van der Waals surface area contributed by atoms with Crippen LogP contribution in [-0.4, -0.2) is 36.6 Å². The summed E-state index contributed by atoms with van der Waals surface area (Å²) < 4.78 is 0. The van der Waals surface area contributed by atoms with Gasteiger partial charge in [-0.05, 0) is 58.5 Å². The molecule has 1 aliphatic carbocycles. The smallest absolute Gasteiger partial charge is 0.0223 e. The molecule has 0 aromatic carbocycles. The first-order valence-corrected chi connectivity index (χ1v) is 8.66. The Morgan fingerprint density at radius 3 is 2.26 bits per heavy atom. The average Bonchev–Trinajstić information content (AvgIpc) is 2.43. The third-order valence-corrected chi connectivity index (χ3v) is 4.55. The van der Waals surface area contributed by atoms with Crippen molar-refractivity contribution in [3.05, 3.63) is 0 Å². The van der Waals surface area contributed by atoms with Gasteiger partial charge in [0.05, 0.1) is 0 Å². The van der Waals surface area contributed by atoms with E-state index in [1.165, 1.54) is 64.6 Å². The third kappa shape index (κ3) is 6.27. The highest BCUT2D eigenvalue weighted by Crippen LogP contribution is 2.27. The fourth-order valence-corrected chi connectivity index (χ4v) is 3.35. The minimum Gasteiger partial charge on any atom is -0.312 e. The van der Waals surface area contributed by atoms with Gasteiger partial charge < -0.3 is 5.32 Å². The van der Waals surface area contributed by atoms with Crippen LogP contribution in [-0.2, 0) is 0 Å². The zero-order valence-electron chi connectivity index (χ0n) is 13.8. The van der Waals surface area contributed by atoms with E-state index in [4.69, 9.17) is 0 Å². The Kier molecular flexibility index (Phi) is 8.72. The Bertz CT molecular complexity index is 209. The molecule has 114 valence electrons. The first-order chi connectivity index (χ1) is 9.19. The quantitative estimate of drug-likeness (QED) is 0.678. The van der Waals surface area contributed by atoms with E-state index in [1.807, 2.05) is 0 Å². The highest BCUT2D eigenvalue weighted by Gasteiger charge is 2.25. The Morgan fingerprint density at radius 1 is 1.05 bits per heavy atom. The summed E-state index contributed by atoms with van der Waals surface area (Å²) in [5.74, 6) is 0.915. The number of hydrogen-bond donors (Lipinski definition) is 1. The molecule has 1 rings (SSSR count). The average molecular weight is 268 g/mol. The molecule has 1 aliphatic rings. The molecular formula is C17H36N2. The molecule has 0 aromatic heterocycles. The lowest BCUT2D eigenvalue weighted by Crippen LogP contribution is -2.48. The molecule has 2 nitrogen and oxygen atoms in total. The van der Waals surface area contributed by atoms with Gasteiger partial charge in [-0.25, -0.2) is 0 Å². The molecule has 0 amide bonds. The molecule has 1 unspecified atom stereocenters. The summed E-state index contributed by atoms with van der Waals surface area (Å²) in [5.41, 5.74) is 0. The van der Waals surface area contributed by atoms with Crippen molar-refractivity contribution in [2.45, 2.75) is 84.7 Å². The van der Waals surface area contributed by atoms with Crippen molar-refractivity contribution in [2.24, 2.45) is 5.92 Å². The van der Waals surface area contributed by atoms with Gasteiger partial charge >= 0.3 is 0 Å². The molecule has 0 radical (unpaired) electrons. The molecule has 1 N–H and O–H groups in total. The molecule has 1 saturated carbocycles. The van der Waals surface area contributed by atoms with Crippen LogP contribution in [0.1, 0.15) is 72.6 Å². The van der Waals surface area contributed by atoms with E-state index < -0.39 is 0 Å². The molecule has 0 aliphatic heterocycles. The second-order valence-electron chi connectivity index (χ2n) is 6.55. The second kappa shape index (κ2) is 9.77. The summed E-state index contributed by atoms with van der Waals surface area (Å²) in [4.78, 5) is 2.67. The summed E-state index contributed by atoms with van der Waals surface area (Å²) in [6.45, 7) is 12.9. The maximum atomic E-state index is 3.84. The van der Waals surface area contributed by atoms with Crippen molar-refractivity contribution in [3.63, 3.8) is 0 Å². The number of hydrogen-bond acceptors (Lipinski definition) is 2. The molecule has 0 saturated heterocycles. The van der Waals surface area contributed by atoms with Gasteiger partial charge in [0.1, 0.15) is 0 Å². The van der Waals surface area contributed by atoms with Crippen LogP contribution in [0.25, 0.3) is 0 Å². The summed E-state index contributed by atoms with van der Waals surface area (Å²) >= 11 is 0. The third-order valence-electron chi connectivity index (χ3n) is 4.55. The highest BCUT2D eigenvalue weighted by atomic mass is 15.2. The standard InChI is InChI=1S/C17H36N2/c1-5-12-18-17(16-10-8-7-9-11-16)14-19(13-6-2)15(3)4/h15-18H,5-14H2,1-4H3. The van der Waals surface area contributed by atoms with Crippen molar-refractivity contribution in [2.75, 3.05) is 19.6 Å². The van der Waals surface area contributed by atoms with Gasteiger partial charge in [-0.15, -0.1) is 0 Å². The van der Waals surface area contributed by atoms with Crippen molar-refractivity contribution < 1.29 is 0 Å². The van der Waals surface area contributed by atoms with Gasteiger partial charge in [0, 0.05) is 18.6 Å². The molecule has 19 heavy (non-hydrogen) atoms. The highest BCUT2D eigenvalue weighted by molar-refractivity contribution is 4.83. The monoisotopic (exact) mass is 268 g/mol. The fourth-order valence-electron chi connectivity index (χ4n) is 3.35. The van der Waals surface area contributed by atoms with Crippen molar-refractivity contribution >= 4 is 0 Å². The second-order valence-corrected chi connectivity index (χ2v) is 6.55. The van der Waals surface area contributed by atoms with Crippen LogP contribution < -0.4 is 5.32 Å². The summed E-state index contributed by atoms with van der Waals surface area (Å²) in [6.07, 6.45) is 9.76. The molecule has 0 bridgehead atoms. The van der Waals surface area contributed by atoms with E-state index in [0.717, 1.165) is 5.92 Å². The van der Waals surface area contributed by atoms with E-state index in [-0.39, 0.29) is 0 Å². The number of rotatable bonds is 9. The lowest BCUT2D eigenvalue weighted by molar-refractivity contribution is 0.156. The Labute approximate surface area is 121 Å². The van der Waals surface area contributed by atoms with Crippen LogP contribution in [0.5, 0.6) is 0 Å². The van der Waals surface area contributed by atoms with Crippen LogP contribution >= 0.6 is 0 Å². The topological polar surface area (TPSA) is 15.3 Å². The van der Waals surface area contributed by atoms with Gasteiger partial charge in [-0.2, -0.15) is 0 Å². The minimum absolute atomic E-state index is 0.675. The lowest BCUT2D eigenvalue weighted by Gasteiger charge is -2.36. The first kappa shape index (κ1) is 17.0. The van der Waals surface area contributed by atoms with Crippen LogP contribution in [0.15, 0.2) is 0 Å². The minimum atomic E-state index is 0.675. The molecule has 1 fully saturated rings. The lowest BCUT2D eigenvalue weighted by atomic mass is 9.83. The summed E-state index contributed by atoms with van der Waals surface area (Å²) in [6, 6.07) is 1.39. The zero-order valence-corrected chi connectivity index (χ0v) is 13.8. The molecule has 0 spiro atoms. The van der Waals surface area contributed by atoms with E-state index in [2.05, 4.69) is 37.9 Å². The van der Waals surface area contributed by atoms with Crippen molar-refractivity contribution in [3.8, 4) is 0 Å². The van der Waals surface area contributed by atoms with E-state index in [1.54, 1.807) is 0 Å². The summed E-state index contributed by atoms with van der Waals surface area (Å²) in [7, 11) is 0. The van der Waals surface area contributed by atoms with Gasteiger partial charge in [-0.3, -0.25) is 4.90 Å². The van der Waals surface area contributed by atoms with E-state index >= 15 is 0 Å². The van der Waals surface area contributed by atoms with Gasteiger partial charge in [0.15, 0.2) is 0 Å². The maximum absolute atomic E-state index is 3.84. The molecule has 2 heteroatoms. The molecular weight excluding hydrogens is 232 g/mol. The Morgan fingerprint density at radius 2 is 1.74 bits per heavy atom. The first-order valence-electron chi connectivity index (χ1n) is 8.66. The molecule has 1 atom stereocenters. The van der Waals surface area contributed by atoms with Crippen molar-refractivity contribution in [1.29, 1.82) is 0 Å². The van der Waals surface area contributed by atoms with Crippen LogP contribution in [0.4, 0.5) is 0 Å². The van der Waals surface area contributed by atoms with Gasteiger partial charge in [0.25, 0.3) is 0 Å². The van der Waals surface area contributed by atoms with Gasteiger partial charge in [-0.1, -0.05) is 33.1 Å². The zero-order chi connectivity index (χ0) is 14.1. The molecule has 0 aromatic rings. The SMILES string of the molecule is CCCNC(CN(CCC)C(C)C)C1CCCCC1. The van der Waals surface area contributed by atoms with Crippen LogP contribution in [0, 0.1) is 5.92 Å². The largest absolute Gasteiger partial charge is 0.312 e. The van der Waals surface area contributed by atoms with Crippen LogP contribution in [0.3, 0.4) is 0 Å². The normalized spacial score (nSPS) is 19.3. The van der Waals surface area contributed by atoms with Crippen molar-refractivity contribution in [1.82, 2.24) is 10.2 Å². The summed E-state index contributed by atoms with van der Waals surface area (Å²) in [5, 5.41) is 3.84. The number of nitrogens with zero attached hydrogens (tertiary/aromatic N) is 1. The van der Waals surface area contributed by atoms with E-state index in [0.29, 0.717) is 12.1 Å².